The van der Waals surface area contributed by atoms with Crippen molar-refractivity contribution in [2.45, 2.75) is 73.1 Å². The van der Waals surface area contributed by atoms with E-state index in [1.54, 1.807) is 0 Å². The topological polar surface area (TPSA) is 6.48 Å². The van der Waals surface area contributed by atoms with Gasteiger partial charge < -0.3 is 9.80 Å². The number of benzene rings is 7. The second kappa shape index (κ2) is 16.7. The minimum atomic E-state index is -0.0695. The van der Waals surface area contributed by atoms with E-state index in [2.05, 4.69) is 240 Å². The van der Waals surface area contributed by atoms with E-state index < -0.39 is 0 Å². The number of anilines is 5. The molecule has 0 N–H and O–H groups in total. The van der Waals surface area contributed by atoms with E-state index in [9.17, 15) is 0 Å². The molecular weight excluding hydrogens is 773 g/mol. The Balaban J connectivity index is 1.21. The van der Waals surface area contributed by atoms with Gasteiger partial charge in [0, 0.05) is 45.5 Å². The highest BCUT2D eigenvalue weighted by molar-refractivity contribution is 5.91. The average Bonchev–Trinajstić information content (AvgIpc) is 3.52. The van der Waals surface area contributed by atoms with Crippen LogP contribution in [0.15, 0.2) is 193 Å². The van der Waals surface area contributed by atoms with Crippen LogP contribution in [-0.2, 0) is 5.41 Å². The number of allylic oxidation sites excluding steroid dienone is 8. The smallest absolute Gasteiger partial charge is 0.0488 e. The van der Waals surface area contributed by atoms with Crippen LogP contribution in [0.1, 0.15) is 84.5 Å². The van der Waals surface area contributed by atoms with Crippen LogP contribution >= 0.6 is 0 Å². The van der Waals surface area contributed by atoms with Crippen LogP contribution in [0.2, 0.25) is 0 Å². The zero-order chi connectivity index (χ0) is 44.1. The van der Waals surface area contributed by atoms with Gasteiger partial charge in [-0.05, 0) is 186 Å². The summed E-state index contributed by atoms with van der Waals surface area (Å²) in [6, 6.07) is 61.1. The van der Waals surface area contributed by atoms with Crippen molar-refractivity contribution in [3.05, 3.63) is 238 Å². The van der Waals surface area contributed by atoms with Gasteiger partial charge in [-0.1, -0.05) is 142 Å². The Morgan fingerprint density at radius 1 is 0.453 bits per heavy atom. The molecule has 3 aliphatic rings. The van der Waals surface area contributed by atoms with Crippen molar-refractivity contribution in [2.24, 2.45) is 5.92 Å². The molecule has 1 atom stereocenters. The van der Waals surface area contributed by atoms with Gasteiger partial charge in [-0.15, -0.1) is 0 Å². The molecule has 0 amide bonds. The van der Waals surface area contributed by atoms with E-state index in [-0.39, 0.29) is 11.3 Å². The Bertz CT molecular complexity index is 2990. The van der Waals surface area contributed by atoms with Gasteiger partial charge in [-0.2, -0.15) is 0 Å². The van der Waals surface area contributed by atoms with Crippen molar-refractivity contribution < 1.29 is 0 Å². The summed E-state index contributed by atoms with van der Waals surface area (Å²) in [6.07, 6.45) is 10.3. The molecule has 3 aliphatic carbocycles. The molecule has 2 nitrogen and oxygen atoms in total. The van der Waals surface area contributed by atoms with Crippen LogP contribution in [0.25, 0.3) is 27.8 Å². The number of rotatable bonds is 9. The van der Waals surface area contributed by atoms with E-state index in [1.165, 1.54) is 89.3 Å². The first-order chi connectivity index (χ1) is 31.0. The predicted octanol–water partition coefficient (Wildman–Crippen LogP) is 17.1. The van der Waals surface area contributed by atoms with Gasteiger partial charge in [0.1, 0.15) is 0 Å². The first-order valence-electron chi connectivity index (χ1n) is 23.1. The summed E-state index contributed by atoms with van der Waals surface area (Å²) in [5.41, 5.74) is 25.6. The highest BCUT2D eigenvalue weighted by Crippen LogP contribution is 2.53. The first kappa shape index (κ1) is 41.1. The molecule has 0 radical (unpaired) electrons. The minimum absolute atomic E-state index is 0.0695. The molecule has 10 rings (SSSR count). The van der Waals surface area contributed by atoms with Crippen molar-refractivity contribution in [2.75, 3.05) is 9.80 Å². The summed E-state index contributed by atoms with van der Waals surface area (Å²) >= 11 is 0. The summed E-state index contributed by atoms with van der Waals surface area (Å²) in [5.74, 6) is 0.272. The molecule has 0 bridgehead atoms. The lowest BCUT2D eigenvalue weighted by atomic mass is 9.78. The maximum atomic E-state index is 2.57. The van der Waals surface area contributed by atoms with Gasteiger partial charge in [0.15, 0.2) is 0 Å². The lowest BCUT2D eigenvalue weighted by Gasteiger charge is -2.36. The normalized spacial score (nSPS) is 16.4. The van der Waals surface area contributed by atoms with E-state index in [1.807, 2.05) is 0 Å². The third-order valence-corrected chi connectivity index (χ3v) is 13.7. The fourth-order valence-electron chi connectivity index (χ4n) is 10.8. The summed E-state index contributed by atoms with van der Waals surface area (Å²) in [6.45, 7) is 16.1. The zero-order valence-corrected chi connectivity index (χ0v) is 38.4. The van der Waals surface area contributed by atoms with E-state index in [0.717, 1.165) is 42.0 Å². The molecule has 0 aliphatic heterocycles. The van der Waals surface area contributed by atoms with E-state index in [4.69, 9.17) is 0 Å². The Kier molecular flexibility index (Phi) is 10.7. The molecule has 7 aromatic carbocycles. The second-order valence-corrected chi connectivity index (χ2v) is 19.0. The SMILES string of the molecule is Cc1cc(C)cc(N(C2=CC=C(c3ccccc3)CC2C)c2cc(C3=CC4=C(CC3)c3ccccc3C4(C)C)cc(N(c3ccc(-c4ccccc4)cc3)c3cc(C)cc(C)c3)c2)c1. The molecule has 7 aromatic rings. The number of aryl methyl sites for hydroxylation is 4. The van der Waals surface area contributed by atoms with Crippen molar-refractivity contribution in [3.63, 3.8) is 0 Å². The van der Waals surface area contributed by atoms with Crippen molar-refractivity contribution in [1.82, 2.24) is 0 Å². The maximum Gasteiger partial charge on any atom is 0.0488 e. The average molecular weight is 831 g/mol. The van der Waals surface area contributed by atoms with Crippen LogP contribution in [0, 0.1) is 33.6 Å². The van der Waals surface area contributed by atoms with Gasteiger partial charge in [-0.3, -0.25) is 0 Å². The van der Waals surface area contributed by atoms with E-state index >= 15 is 0 Å². The van der Waals surface area contributed by atoms with Gasteiger partial charge >= 0.3 is 0 Å². The Morgan fingerprint density at radius 3 is 1.61 bits per heavy atom. The Morgan fingerprint density at radius 2 is 0.984 bits per heavy atom. The van der Waals surface area contributed by atoms with Crippen molar-refractivity contribution >= 4 is 45.2 Å². The lowest BCUT2D eigenvalue weighted by Crippen LogP contribution is -2.24. The quantitative estimate of drug-likeness (QED) is 0.143. The summed E-state index contributed by atoms with van der Waals surface area (Å²) in [5, 5.41) is 0. The highest BCUT2D eigenvalue weighted by atomic mass is 15.2. The molecule has 0 spiro atoms. The van der Waals surface area contributed by atoms with E-state index in [0.29, 0.717) is 0 Å². The minimum Gasteiger partial charge on any atom is -0.314 e. The van der Waals surface area contributed by atoms with Crippen molar-refractivity contribution in [3.8, 4) is 11.1 Å². The summed E-state index contributed by atoms with van der Waals surface area (Å²) in [4.78, 5) is 5.05. The molecule has 316 valence electrons. The first-order valence-corrected chi connectivity index (χ1v) is 23.1. The summed E-state index contributed by atoms with van der Waals surface area (Å²) < 4.78 is 0. The monoisotopic (exact) mass is 830 g/mol. The largest absolute Gasteiger partial charge is 0.314 e. The number of nitrogens with zero attached hydrogens (tertiary/aromatic N) is 2. The number of fused-ring (bicyclic) bond motifs is 2. The van der Waals surface area contributed by atoms with Gasteiger partial charge in [0.25, 0.3) is 0 Å². The predicted molar refractivity (Wildman–Crippen MR) is 274 cm³/mol. The molecule has 2 heteroatoms. The maximum absolute atomic E-state index is 2.57. The molecule has 0 heterocycles. The lowest BCUT2D eigenvalue weighted by molar-refractivity contribution is 0.652. The number of hydrogen-bond donors (Lipinski definition) is 0. The van der Waals surface area contributed by atoms with Crippen molar-refractivity contribution in [1.29, 1.82) is 0 Å². The Hall–Kier alpha value is -6.90. The molecular formula is C62H58N2. The van der Waals surface area contributed by atoms with Gasteiger partial charge in [0.05, 0.1) is 0 Å². The molecule has 0 saturated carbocycles. The third-order valence-electron chi connectivity index (χ3n) is 13.7. The molecule has 0 fully saturated rings. The van der Waals surface area contributed by atoms with Crippen LogP contribution in [0.5, 0.6) is 0 Å². The zero-order valence-electron chi connectivity index (χ0n) is 38.4. The fraction of sp³-hybridized carbons (Fsp3) is 0.194. The summed E-state index contributed by atoms with van der Waals surface area (Å²) in [7, 11) is 0. The Labute approximate surface area is 381 Å². The van der Waals surface area contributed by atoms with Crippen LogP contribution in [-0.4, -0.2) is 0 Å². The molecule has 64 heavy (non-hydrogen) atoms. The number of hydrogen-bond acceptors (Lipinski definition) is 2. The third kappa shape index (κ3) is 7.77. The molecule has 1 unspecified atom stereocenters. The molecule has 0 saturated heterocycles. The van der Waals surface area contributed by atoms with Crippen LogP contribution < -0.4 is 9.80 Å². The van der Waals surface area contributed by atoms with Crippen LogP contribution in [0.4, 0.5) is 28.4 Å². The van der Waals surface area contributed by atoms with Gasteiger partial charge in [-0.25, -0.2) is 0 Å². The van der Waals surface area contributed by atoms with Crippen LogP contribution in [0.3, 0.4) is 0 Å². The second-order valence-electron chi connectivity index (χ2n) is 19.0. The molecule has 0 aromatic heterocycles. The van der Waals surface area contributed by atoms with Gasteiger partial charge in [0.2, 0.25) is 0 Å². The highest BCUT2D eigenvalue weighted by Gasteiger charge is 2.38. The fourth-order valence-corrected chi connectivity index (χ4v) is 10.8. The standard InChI is InChI=1S/C62H58N2/c1-41-30-42(2)33-53(32-41)63(52-26-22-48(23-27-52)46-16-10-8-11-17-46)55-37-51(50-24-28-58-57-20-14-15-21-59(57)62(6,7)60(58)39-50)38-56(40-55)64(54-34-43(3)31-44(4)35-54)61-29-25-49(36-45(61)5)47-18-12-9-13-19-47/h8-23,25-27,29-35,37-40,45H,24,28,36H2,1-7H3.